The van der Waals surface area contributed by atoms with Crippen LogP contribution in [0.15, 0.2) is 27.8 Å². The Bertz CT molecular complexity index is 774. The number of hydrogen-bond donors (Lipinski definition) is 1. The average Bonchev–Trinajstić information content (AvgIpc) is 2.99. The summed E-state index contributed by atoms with van der Waals surface area (Å²) < 4.78 is 11.3. The first kappa shape index (κ1) is 19.4. The van der Waals surface area contributed by atoms with Gasteiger partial charge in [0.05, 0.1) is 29.6 Å². The van der Waals surface area contributed by atoms with Crippen LogP contribution in [0.3, 0.4) is 0 Å². The summed E-state index contributed by atoms with van der Waals surface area (Å²) in [6, 6.07) is 5.72. The van der Waals surface area contributed by atoms with Crippen LogP contribution in [-0.4, -0.2) is 30.4 Å². The van der Waals surface area contributed by atoms with Gasteiger partial charge in [0.15, 0.2) is 0 Å². The van der Waals surface area contributed by atoms with Crippen LogP contribution in [0.5, 0.6) is 5.75 Å². The van der Waals surface area contributed by atoms with Crippen molar-refractivity contribution in [1.29, 1.82) is 0 Å². The minimum Gasteiger partial charge on any atom is -0.490 e. The first-order valence-corrected chi connectivity index (χ1v) is 9.38. The summed E-state index contributed by atoms with van der Waals surface area (Å²) in [5, 5.41) is 4.73. The Balaban J connectivity index is 2.07. The maximum atomic E-state index is 11.7. The Morgan fingerprint density at radius 1 is 1.48 bits per heavy atom. The lowest BCUT2D eigenvalue weighted by Gasteiger charge is -2.11. The van der Waals surface area contributed by atoms with Crippen LogP contribution in [0.4, 0.5) is 5.13 Å². The molecule has 134 valence electrons. The summed E-state index contributed by atoms with van der Waals surface area (Å²) in [6.07, 6.45) is 2.44. The summed E-state index contributed by atoms with van der Waals surface area (Å²) in [7, 11) is 1.36. The monoisotopic (exact) mass is 425 g/mol. The average molecular weight is 426 g/mol. The van der Waals surface area contributed by atoms with Crippen molar-refractivity contribution >= 4 is 44.6 Å². The number of aromatic nitrogens is 1. The number of nitrogens with one attached hydrogen (secondary N) is 1. The van der Waals surface area contributed by atoms with Gasteiger partial charge < -0.3 is 9.47 Å². The summed E-state index contributed by atoms with van der Waals surface area (Å²) in [4.78, 5) is 16.6. The molecular weight excluding hydrogens is 406 g/mol. The molecule has 0 spiro atoms. The highest BCUT2D eigenvalue weighted by molar-refractivity contribution is 9.10. The number of esters is 1. The van der Waals surface area contributed by atoms with Crippen LogP contribution in [0, 0.1) is 0 Å². The molecule has 0 unspecified atom stereocenters. The molecule has 0 bridgehead atoms. The van der Waals surface area contributed by atoms with Gasteiger partial charge in [0.1, 0.15) is 10.6 Å². The number of nitrogens with zero attached hydrogens (tertiary/aromatic N) is 2. The molecule has 0 aliphatic rings. The fraction of sp³-hybridized carbons (Fsp3) is 0.353. The molecule has 0 aliphatic heterocycles. The van der Waals surface area contributed by atoms with E-state index in [2.05, 4.69) is 31.4 Å². The molecule has 0 radical (unpaired) electrons. The predicted octanol–water partition coefficient (Wildman–Crippen LogP) is 4.49. The number of rotatable bonds is 7. The number of carbonyl (C=O) groups is 1. The molecule has 1 heterocycles. The SMILES string of the molecule is CCc1nc(N/N=C\c2ccc(OC(C)C)c(Br)c2)sc1C(=O)OC. The molecule has 2 aromatic rings. The maximum Gasteiger partial charge on any atom is 0.350 e. The van der Waals surface area contributed by atoms with E-state index in [1.807, 2.05) is 39.0 Å². The Hall–Kier alpha value is -1.93. The summed E-state index contributed by atoms with van der Waals surface area (Å²) >= 11 is 4.71. The van der Waals surface area contributed by atoms with Crippen LogP contribution < -0.4 is 10.2 Å². The van der Waals surface area contributed by atoms with Gasteiger partial charge in [0.25, 0.3) is 0 Å². The Labute approximate surface area is 159 Å². The molecule has 6 nitrogen and oxygen atoms in total. The van der Waals surface area contributed by atoms with E-state index >= 15 is 0 Å². The van der Waals surface area contributed by atoms with Crippen molar-refractivity contribution in [2.75, 3.05) is 12.5 Å². The van der Waals surface area contributed by atoms with E-state index in [1.165, 1.54) is 18.4 Å². The smallest absolute Gasteiger partial charge is 0.350 e. The van der Waals surface area contributed by atoms with E-state index in [1.54, 1.807) is 6.21 Å². The van der Waals surface area contributed by atoms with Gasteiger partial charge in [-0.1, -0.05) is 18.3 Å². The Morgan fingerprint density at radius 2 is 2.24 bits per heavy atom. The molecule has 0 atom stereocenters. The van der Waals surface area contributed by atoms with Gasteiger partial charge in [-0.2, -0.15) is 5.10 Å². The molecule has 0 saturated carbocycles. The number of halogens is 1. The van der Waals surface area contributed by atoms with Crippen LogP contribution in [0.1, 0.15) is 41.7 Å². The third kappa shape index (κ3) is 5.27. The van der Waals surface area contributed by atoms with E-state index in [0.717, 1.165) is 15.8 Å². The number of anilines is 1. The molecule has 2 rings (SSSR count). The standard InChI is InChI=1S/C17H20BrN3O3S/c1-5-13-15(16(22)23-4)25-17(20-13)21-19-9-11-6-7-14(12(18)8-11)24-10(2)3/h6-10H,5H2,1-4H3,(H,20,21)/b19-9-. The van der Waals surface area contributed by atoms with E-state index in [-0.39, 0.29) is 12.1 Å². The lowest BCUT2D eigenvalue weighted by Crippen LogP contribution is -2.06. The van der Waals surface area contributed by atoms with E-state index in [9.17, 15) is 4.79 Å². The summed E-state index contributed by atoms with van der Waals surface area (Å²) in [5.74, 6) is 0.409. The second-order valence-electron chi connectivity index (χ2n) is 5.37. The quantitative estimate of drug-likeness (QED) is 0.401. The zero-order chi connectivity index (χ0) is 18.4. The third-order valence-electron chi connectivity index (χ3n) is 3.10. The predicted molar refractivity (Wildman–Crippen MR) is 104 cm³/mol. The maximum absolute atomic E-state index is 11.7. The van der Waals surface area contributed by atoms with Crippen molar-refractivity contribution in [3.05, 3.63) is 38.8 Å². The number of benzene rings is 1. The van der Waals surface area contributed by atoms with E-state index in [4.69, 9.17) is 9.47 Å². The first-order chi connectivity index (χ1) is 11.9. The number of methoxy groups -OCH3 is 1. The fourth-order valence-electron chi connectivity index (χ4n) is 2.00. The van der Waals surface area contributed by atoms with Crippen molar-refractivity contribution in [2.24, 2.45) is 5.10 Å². The molecule has 1 aromatic carbocycles. The molecule has 25 heavy (non-hydrogen) atoms. The summed E-state index contributed by atoms with van der Waals surface area (Å²) in [6.45, 7) is 5.90. The van der Waals surface area contributed by atoms with Crippen molar-refractivity contribution in [3.8, 4) is 5.75 Å². The number of ether oxygens (including phenoxy) is 2. The van der Waals surface area contributed by atoms with Crippen LogP contribution >= 0.6 is 27.3 Å². The van der Waals surface area contributed by atoms with Gasteiger partial charge in [0, 0.05) is 0 Å². The van der Waals surface area contributed by atoms with E-state index in [0.29, 0.717) is 22.1 Å². The van der Waals surface area contributed by atoms with Crippen LogP contribution in [-0.2, 0) is 11.2 Å². The van der Waals surface area contributed by atoms with Gasteiger partial charge in [-0.3, -0.25) is 5.43 Å². The van der Waals surface area contributed by atoms with Gasteiger partial charge in [-0.05, 0) is 60.0 Å². The first-order valence-electron chi connectivity index (χ1n) is 7.77. The normalized spacial score (nSPS) is 11.1. The number of hydrogen-bond acceptors (Lipinski definition) is 7. The molecule has 0 saturated heterocycles. The fourth-order valence-corrected chi connectivity index (χ4v) is 3.41. The third-order valence-corrected chi connectivity index (χ3v) is 4.70. The Kier molecular flexibility index (Phi) is 6.95. The molecular formula is C17H20BrN3O3S. The summed E-state index contributed by atoms with van der Waals surface area (Å²) in [5.41, 5.74) is 4.46. The second-order valence-corrected chi connectivity index (χ2v) is 7.22. The van der Waals surface area contributed by atoms with E-state index < -0.39 is 0 Å². The highest BCUT2D eigenvalue weighted by Gasteiger charge is 2.17. The zero-order valence-corrected chi connectivity index (χ0v) is 16.9. The van der Waals surface area contributed by atoms with Crippen molar-refractivity contribution < 1.29 is 14.3 Å². The van der Waals surface area contributed by atoms with Gasteiger partial charge in [0.2, 0.25) is 5.13 Å². The number of thiazole rings is 1. The van der Waals surface area contributed by atoms with Gasteiger partial charge in [-0.25, -0.2) is 9.78 Å². The van der Waals surface area contributed by atoms with Crippen molar-refractivity contribution in [2.45, 2.75) is 33.3 Å². The van der Waals surface area contributed by atoms with Gasteiger partial charge >= 0.3 is 5.97 Å². The number of hydrazone groups is 1. The largest absolute Gasteiger partial charge is 0.490 e. The molecule has 0 amide bonds. The molecule has 1 N–H and O–H groups in total. The molecule has 8 heteroatoms. The highest BCUT2D eigenvalue weighted by atomic mass is 79.9. The van der Waals surface area contributed by atoms with Gasteiger partial charge in [-0.15, -0.1) is 0 Å². The van der Waals surface area contributed by atoms with Crippen molar-refractivity contribution in [1.82, 2.24) is 4.98 Å². The number of aryl methyl sites for hydroxylation is 1. The molecule has 0 aliphatic carbocycles. The van der Waals surface area contributed by atoms with Crippen LogP contribution in [0.2, 0.25) is 0 Å². The van der Waals surface area contributed by atoms with Crippen molar-refractivity contribution in [3.63, 3.8) is 0 Å². The topological polar surface area (TPSA) is 72.8 Å². The number of carbonyl (C=O) groups excluding carboxylic acids is 1. The molecule has 1 aromatic heterocycles. The molecule has 0 fully saturated rings. The minimum atomic E-state index is -0.379. The lowest BCUT2D eigenvalue weighted by molar-refractivity contribution is 0.0605. The highest BCUT2D eigenvalue weighted by Crippen LogP contribution is 2.27. The minimum absolute atomic E-state index is 0.110. The lowest BCUT2D eigenvalue weighted by atomic mass is 10.2. The zero-order valence-electron chi connectivity index (χ0n) is 14.5. The van der Waals surface area contributed by atoms with Crippen LogP contribution in [0.25, 0.3) is 0 Å². The Morgan fingerprint density at radius 3 is 2.84 bits per heavy atom. The second kappa shape index (κ2) is 8.96.